The van der Waals surface area contributed by atoms with Crippen LogP contribution in [0.4, 0.5) is 0 Å². The molecule has 0 aromatic heterocycles. The molecule has 1 aromatic carbocycles. The summed E-state index contributed by atoms with van der Waals surface area (Å²) in [5.41, 5.74) is 0.577. The molecule has 3 heteroatoms. The summed E-state index contributed by atoms with van der Waals surface area (Å²) >= 11 is 0. The van der Waals surface area contributed by atoms with E-state index in [2.05, 4.69) is 0 Å². The van der Waals surface area contributed by atoms with Crippen molar-refractivity contribution in [2.24, 2.45) is 5.92 Å². The van der Waals surface area contributed by atoms with E-state index in [4.69, 9.17) is 4.74 Å². The monoisotopic (exact) mass is 262 g/mol. The first-order valence-corrected chi connectivity index (χ1v) is 6.96. The second kappa shape index (κ2) is 8.46. The number of hydrogen-bond donors (Lipinski definition) is 0. The fraction of sp³-hybridized carbons (Fsp3) is 0.500. The molecule has 0 saturated heterocycles. The van der Waals surface area contributed by atoms with E-state index < -0.39 is 5.92 Å². The van der Waals surface area contributed by atoms with E-state index in [-0.39, 0.29) is 11.8 Å². The second-order valence-electron chi connectivity index (χ2n) is 4.59. The lowest BCUT2D eigenvalue weighted by Crippen LogP contribution is -2.26. The van der Waals surface area contributed by atoms with E-state index in [0.717, 1.165) is 19.3 Å². The van der Waals surface area contributed by atoms with E-state index >= 15 is 0 Å². The van der Waals surface area contributed by atoms with Crippen LogP contribution >= 0.6 is 0 Å². The highest BCUT2D eigenvalue weighted by Crippen LogP contribution is 2.16. The summed E-state index contributed by atoms with van der Waals surface area (Å²) in [5, 5.41) is 0. The molecule has 1 unspecified atom stereocenters. The van der Waals surface area contributed by atoms with Gasteiger partial charge in [0.2, 0.25) is 0 Å². The highest BCUT2D eigenvalue weighted by molar-refractivity contribution is 6.08. The Kier molecular flexibility index (Phi) is 6.86. The zero-order chi connectivity index (χ0) is 14.1. The van der Waals surface area contributed by atoms with Crippen LogP contribution in [0, 0.1) is 5.92 Å². The molecular weight excluding hydrogens is 240 g/mol. The van der Waals surface area contributed by atoms with Crippen molar-refractivity contribution < 1.29 is 14.3 Å². The summed E-state index contributed by atoms with van der Waals surface area (Å²) in [7, 11) is 0. The zero-order valence-electron chi connectivity index (χ0n) is 11.7. The number of carbonyl (C=O) groups is 2. The summed E-state index contributed by atoms with van der Waals surface area (Å²) in [6.07, 6.45) is 3.13. The Labute approximate surface area is 115 Å². The van der Waals surface area contributed by atoms with Crippen molar-refractivity contribution >= 4 is 11.8 Å². The number of Topliss-reactive ketones (excluding diaryl/α,β-unsaturated/α-hetero) is 1. The average molecular weight is 262 g/mol. The van der Waals surface area contributed by atoms with Gasteiger partial charge in [-0.3, -0.25) is 9.59 Å². The Morgan fingerprint density at radius 3 is 2.37 bits per heavy atom. The van der Waals surface area contributed by atoms with Gasteiger partial charge in [-0.2, -0.15) is 0 Å². The smallest absolute Gasteiger partial charge is 0.316 e. The second-order valence-corrected chi connectivity index (χ2v) is 4.59. The van der Waals surface area contributed by atoms with Crippen LogP contribution in [-0.4, -0.2) is 18.4 Å². The number of carbonyl (C=O) groups excluding carboxylic acids is 2. The number of esters is 1. The maximum absolute atomic E-state index is 12.3. The summed E-state index contributed by atoms with van der Waals surface area (Å²) in [6, 6.07) is 8.94. The molecule has 0 amide bonds. The third kappa shape index (κ3) is 4.86. The maximum atomic E-state index is 12.3. The molecule has 0 radical (unpaired) electrons. The molecule has 19 heavy (non-hydrogen) atoms. The molecule has 0 aliphatic rings. The molecule has 1 atom stereocenters. The Morgan fingerprint density at radius 1 is 1.11 bits per heavy atom. The number of benzene rings is 1. The van der Waals surface area contributed by atoms with Crippen molar-refractivity contribution in [2.75, 3.05) is 6.61 Å². The predicted molar refractivity (Wildman–Crippen MR) is 75.0 cm³/mol. The number of hydrogen-bond acceptors (Lipinski definition) is 3. The average Bonchev–Trinajstić information content (AvgIpc) is 2.45. The van der Waals surface area contributed by atoms with Crippen molar-refractivity contribution in [2.45, 2.75) is 39.5 Å². The topological polar surface area (TPSA) is 43.4 Å². The molecule has 3 nitrogen and oxygen atoms in total. The van der Waals surface area contributed by atoms with Crippen molar-refractivity contribution in [3.05, 3.63) is 35.9 Å². The van der Waals surface area contributed by atoms with Gasteiger partial charge in [0.15, 0.2) is 5.78 Å². The van der Waals surface area contributed by atoms with Crippen LogP contribution in [0.1, 0.15) is 49.9 Å². The Bertz CT molecular complexity index is 398. The fourth-order valence-electron chi connectivity index (χ4n) is 1.87. The van der Waals surface area contributed by atoms with Gasteiger partial charge < -0.3 is 4.74 Å². The first-order valence-electron chi connectivity index (χ1n) is 6.96. The summed E-state index contributed by atoms with van der Waals surface area (Å²) in [5.74, 6) is -1.18. The fourth-order valence-corrected chi connectivity index (χ4v) is 1.87. The van der Waals surface area contributed by atoms with Gasteiger partial charge in [-0.05, 0) is 12.8 Å². The first kappa shape index (κ1) is 15.4. The first-order chi connectivity index (χ1) is 9.20. The molecule has 0 fully saturated rings. The van der Waals surface area contributed by atoms with Crippen molar-refractivity contribution in [1.29, 1.82) is 0 Å². The van der Waals surface area contributed by atoms with Crippen LogP contribution in [0.15, 0.2) is 30.3 Å². The van der Waals surface area contributed by atoms with Gasteiger partial charge in [-0.25, -0.2) is 0 Å². The van der Waals surface area contributed by atoms with Crippen molar-refractivity contribution in [3.63, 3.8) is 0 Å². The van der Waals surface area contributed by atoms with Gasteiger partial charge >= 0.3 is 5.97 Å². The van der Waals surface area contributed by atoms with Crippen LogP contribution in [0.2, 0.25) is 0 Å². The van der Waals surface area contributed by atoms with Gasteiger partial charge in [0.1, 0.15) is 5.92 Å². The summed E-state index contributed by atoms with van der Waals surface area (Å²) in [6.45, 7) is 4.40. The Balaban J connectivity index is 2.71. The lowest BCUT2D eigenvalue weighted by Gasteiger charge is -2.14. The Hall–Kier alpha value is -1.64. The van der Waals surface area contributed by atoms with Crippen LogP contribution in [-0.2, 0) is 9.53 Å². The molecular formula is C16H22O3. The molecule has 0 N–H and O–H groups in total. The van der Waals surface area contributed by atoms with E-state index in [1.165, 1.54) is 0 Å². The molecule has 0 bridgehead atoms. The largest absolute Gasteiger partial charge is 0.465 e. The quantitative estimate of drug-likeness (QED) is 0.311. The van der Waals surface area contributed by atoms with Crippen molar-refractivity contribution in [3.8, 4) is 0 Å². The van der Waals surface area contributed by atoms with Crippen LogP contribution in [0.25, 0.3) is 0 Å². The lowest BCUT2D eigenvalue weighted by atomic mass is 9.93. The molecule has 0 aliphatic carbocycles. The highest BCUT2D eigenvalue weighted by Gasteiger charge is 2.27. The number of ether oxygens (including phenoxy) is 1. The summed E-state index contributed by atoms with van der Waals surface area (Å²) < 4.78 is 5.18. The molecule has 0 aliphatic heterocycles. The van der Waals surface area contributed by atoms with E-state index in [1.807, 2.05) is 19.9 Å². The van der Waals surface area contributed by atoms with Crippen LogP contribution in [0.3, 0.4) is 0 Å². The van der Waals surface area contributed by atoms with E-state index in [1.54, 1.807) is 24.3 Å². The van der Waals surface area contributed by atoms with Crippen LogP contribution in [0.5, 0.6) is 0 Å². The molecule has 0 heterocycles. The minimum atomic E-state index is -0.663. The molecule has 0 saturated carbocycles. The summed E-state index contributed by atoms with van der Waals surface area (Å²) in [4.78, 5) is 24.3. The molecule has 104 valence electrons. The van der Waals surface area contributed by atoms with Crippen LogP contribution < -0.4 is 0 Å². The maximum Gasteiger partial charge on any atom is 0.316 e. The van der Waals surface area contributed by atoms with Crippen molar-refractivity contribution in [1.82, 2.24) is 0 Å². The van der Waals surface area contributed by atoms with Gasteiger partial charge in [-0.1, -0.05) is 57.0 Å². The number of unbranched alkanes of at least 4 members (excludes halogenated alkanes) is 1. The Morgan fingerprint density at radius 2 is 1.79 bits per heavy atom. The minimum absolute atomic E-state index is 0.135. The normalized spacial score (nSPS) is 11.9. The molecule has 0 spiro atoms. The standard InChI is InChI=1S/C16H22O3/c1-3-5-12-19-16(18)14(9-4-2)15(17)13-10-7-6-8-11-13/h6-8,10-11,14H,3-5,9,12H2,1-2H3. The minimum Gasteiger partial charge on any atom is -0.465 e. The molecule has 1 rings (SSSR count). The third-order valence-electron chi connectivity index (χ3n) is 2.98. The zero-order valence-corrected chi connectivity index (χ0v) is 11.7. The van der Waals surface area contributed by atoms with Gasteiger partial charge in [0.05, 0.1) is 6.61 Å². The van der Waals surface area contributed by atoms with E-state index in [9.17, 15) is 9.59 Å². The third-order valence-corrected chi connectivity index (χ3v) is 2.98. The lowest BCUT2D eigenvalue weighted by molar-refractivity contribution is -0.147. The van der Waals surface area contributed by atoms with Gasteiger partial charge in [0, 0.05) is 5.56 Å². The predicted octanol–water partition coefficient (Wildman–Crippen LogP) is 3.63. The molecule has 1 aromatic rings. The SMILES string of the molecule is CCCCOC(=O)C(CCC)C(=O)c1ccccc1. The highest BCUT2D eigenvalue weighted by atomic mass is 16.5. The number of rotatable bonds is 8. The van der Waals surface area contributed by atoms with Gasteiger partial charge in [-0.15, -0.1) is 0 Å². The number of ketones is 1. The van der Waals surface area contributed by atoms with E-state index in [0.29, 0.717) is 18.6 Å². The van der Waals surface area contributed by atoms with Gasteiger partial charge in [0.25, 0.3) is 0 Å².